The van der Waals surface area contributed by atoms with Crippen molar-refractivity contribution in [3.63, 3.8) is 0 Å². The summed E-state index contributed by atoms with van der Waals surface area (Å²) in [5.41, 5.74) is 4.72. The Labute approximate surface area is 267 Å². The highest BCUT2D eigenvalue weighted by Gasteiger charge is 2.46. The molecule has 3 unspecified atom stereocenters. The van der Waals surface area contributed by atoms with Gasteiger partial charge in [-0.25, -0.2) is 9.97 Å². The molecule has 0 aliphatic heterocycles. The van der Waals surface area contributed by atoms with E-state index < -0.39 is 0 Å². The smallest absolute Gasteiger partial charge is 0.231 e. The third-order valence-electron chi connectivity index (χ3n) is 12.1. The Morgan fingerprint density at radius 3 is 2.60 bits per heavy atom. The van der Waals surface area contributed by atoms with Crippen LogP contribution in [0.25, 0.3) is 11.3 Å². The highest BCUT2D eigenvalue weighted by molar-refractivity contribution is 5.94. The van der Waals surface area contributed by atoms with Crippen molar-refractivity contribution in [3.05, 3.63) is 54.1 Å². The van der Waals surface area contributed by atoms with Gasteiger partial charge in [0.2, 0.25) is 5.91 Å². The lowest BCUT2D eigenvalue weighted by Crippen LogP contribution is -2.47. The standard InChI is InChI=1S/C37H49N5O3/c1-25-18-30(9-12-33(25)45-3)37-16-4-6-27(20-37)28(13-17-37)22-41(35(44)26-7-10-31(43)11-8-26)34-19-32(38-24-39-34)29-21-40-42(23-29)36(2)14-5-15-36/h9,12,18-19,21,23-24,26-28,31,43H,4-8,10-11,13-17,20,22H2,1-3H3. The van der Waals surface area contributed by atoms with Crippen molar-refractivity contribution in [1.82, 2.24) is 19.7 Å². The number of anilines is 1. The Kier molecular flexibility index (Phi) is 8.21. The van der Waals surface area contributed by atoms with Gasteiger partial charge in [-0.2, -0.15) is 5.10 Å². The average molecular weight is 612 g/mol. The average Bonchev–Trinajstić information content (AvgIpc) is 3.55. The van der Waals surface area contributed by atoms with Gasteiger partial charge >= 0.3 is 0 Å². The van der Waals surface area contributed by atoms with Crippen LogP contribution < -0.4 is 9.64 Å². The molecule has 1 aromatic carbocycles. The number of aliphatic hydroxyl groups excluding tert-OH is 1. The van der Waals surface area contributed by atoms with Gasteiger partial charge in [0.15, 0.2) is 0 Å². The van der Waals surface area contributed by atoms with Crippen molar-refractivity contribution >= 4 is 11.7 Å². The second-order valence-corrected chi connectivity index (χ2v) is 14.9. The van der Waals surface area contributed by atoms with E-state index in [2.05, 4.69) is 47.9 Å². The molecule has 4 fully saturated rings. The SMILES string of the molecule is COc1ccc(C23CCCC(C2)C(CN(C(=O)C2CCC(O)CC2)c2cc(-c4cnn(C5(C)CCC5)c4)ncn2)CC3)cc1C. The number of aliphatic hydroxyl groups is 1. The molecule has 8 nitrogen and oxygen atoms in total. The molecular weight excluding hydrogens is 562 g/mol. The van der Waals surface area contributed by atoms with Crippen molar-refractivity contribution in [1.29, 1.82) is 0 Å². The summed E-state index contributed by atoms with van der Waals surface area (Å²) in [5, 5.41) is 14.9. The van der Waals surface area contributed by atoms with Crippen LogP contribution in [0.15, 0.2) is 43.0 Å². The number of amides is 1. The van der Waals surface area contributed by atoms with Gasteiger partial charge in [-0.3, -0.25) is 14.4 Å². The number of aromatic nitrogens is 4. The lowest BCUT2D eigenvalue weighted by molar-refractivity contribution is -0.124. The molecule has 0 spiro atoms. The van der Waals surface area contributed by atoms with E-state index in [0.29, 0.717) is 37.0 Å². The first-order valence-electron chi connectivity index (χ1n) is 17.3. The second-order valence-electron chi connectivity index (χ2n) is 14.9. The summed E-state index contributed by atoms with van der Waals surface area (Å²) >= 11 is 0. The number of aryl methyl sites for hydroxylation is 1. The normalized spacial score (nSPS) is 29.1. The Morgan fingerprint density at radius 1 is 1.04 bits per heavy atom. The van der Waals surface area contributed by atoms with Gasteiger partial charge in [0.1, 0.15) is 17.9 Å². The summed E-state index contributed by atoms with van der Waals surface area (Å²) in [5.74, 6) is 2.72. The number of hydrogen-bond acceptors (Lipinski definition) is 6. The number of ether oxygens (including phenoxy) is 1. The van der Waals surface area contributed by atoms with Crippen LogP contribution in [0.4, 0.5) is 5.82 Å². The second kappa shape index (κ2) is 12.2. The van der Waals surface area contributed by atoms with Crippen LogP contribution in [0.1, 0.15) is 102 Å². The number of hydrogen-bond donors (Lipinski definition) is 1. The fourth-order valence-electron chi connectivity index (χ4n) is 8.99. The van der Waals surface area contributed by atoms with E-state index in [-0.39, 0.29) is 28.9 Å². The van der Waals surface area contributed by atoms with Crippen LogP contribution >= 0.6 is 0 Å². The van der Waals surface area contributed by atoms with Crippen LogP contribution in [0.5, 0.6) is 5.75 Å². The summed E-state index contributed by atoms with van der Waals surface area (Å²) in [4.78, 5) is 25.7. The summed E-state index contributed by atoms with van der Waals surface area (Å²) < 4.78 is 7.65. The zero-order valence-corrected chi connectivity index (χ0v) is 27.3. The predicted molar refractivity (Wildman–Crippen MR) is 175 cm³/mol. The van der Waals surface area contributed by atoms with Gasteiger partial charge in [0, 0.05) is 30.3 Å². The molecule has 2 bridgehead atoms. The molecule has 3 aromatic rings. The molecule has 4 saturated carbocycles. The van der Waals surface area contributed by atoms with E-state index in [1.165, 1.54) is 43.2 Å². The van der Waals surface area contributed by atoms with E-state index in [9.17, 15) is 9.90 Å². The van der Waals surface area contributed by atoms with Crippen LogP contribution in [-0.4, -0.2) is 50.5 Å². The minimum atomic E-state index is -0.294. The third-order valence-corrected chi connectivity index (χ3v) is 12.1. The number of carbonyl (C=O) groups is 1. The number of methoxy groups -OCH3 is 1. The van der Waals surface area contributed by atoms with Crippen LogP contribution in [0.3, 0.4) is 0 Å². The maximum Gasteiger partial charge on any atom is 0.231 e. The molecule has 240 valence electrons. The van der Waals surface area contributed by atoms with E-state index >= 15 is 0 Å². The maximum atomic E-state index is 14.3. The van der Waals surface area contributed by atoms with Gasteiger partial charge in [-0.05, 0) is 119 Å². The predicted octanol–water partition coefficient (Wildman–Crippen LogP) is 6.98. The number of rotatable bonds is 8. The summed E-state index contributed by atoms with van der Waals surface area (Å²) in [6, 6.07) is 8.77. The zero-order chi connectivity index (χ0) is 31.2. The van der Waals surface area contributed by atoms with Crippen molar-refractivity contribution in [2.24, 2.45) is 17.8 Å². The van der Waals surface area contributed by atoms with Gasteiger partial charge < -0.3 is 9.84 Å². The number of carbonyl (C=O) groups excluding carboxylic acids is 1. The van der Waals surface area contributed by atoms with E-state index in [1.54, 1.807) is 13.4 Å². The van der Waals surface area contributed by atoms with Gasteiger partial charge in [-0.15, -0.1) is 0 Å². The molecule has 8 heteroatoms. The highest BCUT2D eigenvalue weighted by Crippen LogP contribution is 2.53. The molecule has 4 aliphatic rings. The lowest BCUT2D eigenvalue weighted by atomic mass is 9.56. The molecule has 0 saturated heterocycles. The first kappa shape index (κ1) is 30.4. The molecule has 7 rings (SSSR count). The monoisotopic (exact) mass is 611 g/mol. The minimum Gasteiger partial charge on any atom is -0.496 e. The Morgan fingerprint density at radius 2 is 1.87 bits per heavy atom. The van der Waals surface area contributed by atoms with E-state index in [1.807, 2.05) is 17.2 Å². The largest absolute Gasteiger partial charge is 0.496 e. The summed E-state index contributed by atoms with van der Waals surface area (Å²) in [6.07, 6.45) is 18.8. The number of fused-ring (bicyclic) bond motifs is 2. The number of benzene rings is 1. The lowest BCUT2D eigenvalue weighted by Gasteiger charge is -2.50. The van der Waals surface area contributed by atoms with Crippen molar-refractivity contribution < 1.29 is 14.6 Å². The van der Waals surface area contributed by atoms with E-state index in [4.69, 9.17) is 14.8 Å². The Bertz CT molecular complexity index is 1520. The molecule has 4 aliphatic carbocycles. The van der Waals surface area contributed by atoms with Crippen molar-refractivity contribution in [3.8, 4) is 17.0 Å². The first-order valence-corrected chi connectivity index (χ1v) is 17.3. The fourth-order valence-corrected chi connectivity index (χ4v) is 8.99. The topological polar surface area (TPSA) is 93.4 Å². The fraction of sp³-hybridized carbons (Fsp3) is 0.622. The molecule has 1 N–H and O–H groups in total. The Hall–Kier alpha value is -3.26. The summed E-state index contributed by atoms with van der Waals surface area (Å²) in [6.45, 7) is 5.10. The van der Waals surface area contributed by atoms with Gasteiger partial charge in [0.05, 0.1) is 30.6 Å². The molecule has 0 radical (unpaired) electrons. The highest BCUT2D eigenvalue weighted by atomic mass is 16.5. The third kappa shape index (κ3) is 5.79. The Balaban J connectivity index is 1.15. The zero-order valence-electron chi connectivity index (χ0n) is 27.3. The van der Waals surface area contributed by atoms with Crippen molar-refractivity contribution in [2.75, 3.05) is 18.6 Å². The van der Waals surface area contributed by atoms with E-state index in [0.717, 1.165) is 55.5 Å². The molecule has 2 aromatic heterocycles. The minimum absolute atomic E-state index is 0.0792. The maximum absolute atomic E-state index is 14.3. The van der Waals surface area contributed by atoms with Gasteiger partial charge in [-0.1, -0.05) is 25.0 Å². The molecule has 2 heterocycles. The van der Waals surface area contributed by atoms with Gasteiger partial charge in [0.25, 0.3) is 0 Å². The van der Waals surface area contributed by atoms with Crippen LogP contribution in [0, 0.1) is 24.7 Å². The summed E-state index contributed by atoms with van der Waals surface area (Å²) in [7, 11) is 1.74. The quantitative estimate of drug-likeness (QED) is 0.296. The molecule has 45 heavy (non-hydrogen) atoms. The molecular formula is C37H49N5O3. The molecule has 1 amide bonds. The van der Waals surface area contributed by atoms with Crippen molar-refractivity contribution in [2.45, 2.75) is 114 Å². The van der Waals surface area contributed by atoms with Crippen LogP contribution in [-0.2, 0) is 15.7 Å². The van der Waals surface area contributed by atoms with Crippen LogP contribution in [0.2, 0.25) is 0 Å². The molecule has 3 atom stereocenters. The number of nitrogens with zero attached hydrogens (tertiary/aromatic N) is 5. The first-order chi connectivity index (χ1) is 21.8.